The number of anilines is 1. The van der Waals surface area contributed by atoms with E-state index in [2.05, 4.69) is 5.32 Å². The zero-order chi connectivity index (χ0) is 18.0. The summed E-state index contributed by atoms with van der Waals surface area (Å²) in [5.74, 6) is -1.59. The van der Waals surface area contributed by atoms with Crippen LogP contribution >= 0.6 is 0 Å². The van der Waals surface area contributed by atoms with Crippen molar-refractivity contribution in [3.8, 4) is 0 Å². The van der Waals surface area contributed by atoms with Crippen molar-refractivity contribution >= 4 is 23.5 Å². The van der Waals surface area contributed by atoms with E-state index in [0.29, 0.717) is 19.4 Å². The summed E-state index contributed by atoms with van der Waals surface area (Å²) < 4.78 is 0. The monoisotopic (exact) mass is 344 g/mol. The molecule has 0 radical (unpaired) electrons. The van der Waals surface area contributed by atoms with Crippen molar-refractivity contribution in [1.82, 2.24) is 5.32 Å². The number of aliphatic carboxylic acids is 1. The molecule has 6 heteroatoms. The Morgan fingerprint density at radius 1 is 1.32 bits per heavy atom. The second-order valence-corrected chi connectivity index (χ2v) is 7.08. The first-order chi connectivity index (χ1) is 11.9. The molecule has 25 heavy (non-hydrogen) atoms. The molecule has 134 valence electrons. The van der Waals surface area contributed by atoms with E-state index in [9.17, 15) is 14.4 Å². The molecule has 3 rings (SSSR count). The molecular weight excluding hydrogens is 320 g/mol. The summed E-state index contributed by atoms with van der Waals surface area (Å²) in [5.41, 5.74) is 1.33. The van der Waals surface area contributed by atoms with Gasteiger partial charge in [-0.15, -0.1) is 0 Å². The van der Waals surface area contributed by atoms with Gasteiger partial charge in [-0.3, -0.25) is 14.4 Å². The van der Waals surface area contributed by atoms with Gasteiger partial charge in [0.25, 0.3) is 0 Å². The number of aryl methyl sites for hydroxylation is 1. The number of hydrogen-bond donors (Lipinski definition) is 2. The first kappa shape index (κ1) is 17.5. The van der Waals surface area contributed by atoms with Gasteiger partial charge in [-0.05, 0) is 37.3 Å². The quantitative estimate of drug-likeness (QED) is 0.827. The lowest BCUT2D eigenvalue weighted by Crippen LogP contribution is -2.56. The van der Waals surface area contributed by atoms with Crippen molar-refractivity contribution in [2.75, 3.05) is 11.4 Å². The number of amides is 2. The fourth-order valence-corrected chi connectivity index (χ4v) is 3.79. The second-order valence-electron chi connectivity index (χ2n) is 7.08. The molecule has 1 aromatic carbocycles. The highest BCUT2D eigenvalue weighted by atomic mass is 16.4. The van der Waals surface area contributed by atoms with Gasteiger partial charge in [0.15, 0.2) is 0 Å². The standard InChI is InChI=1S/C19H24N2O4/c1-2-13-6-3-4-7-15(13)21-12-14(10-16(21)22)18(25)20-19(8-5-9-19)11-17(23)24/h3-4,6-7,14H,2,5,8-12H2,1H3,(H,20,25)(H,23,24). The maximum Gasteiger partial charge on any atom is 0.305 e. The van der Waals surface area contributed by atoms with Crippen molar-refractivity contribution in [3.05, 3.63) is 29.8 Å². The molecule has 2 aliphatic rings. The number of para-hydroxylation sites is 1. The largest absolute Gasteiger partial charge is 0.481 e. The number of carboxylic acid groups (broad SMARTS) is 1. The molecule has 2 fully saturated rings. The lowest BCUT2D eigenvalue weighted by Gasteiger charge is -2.42. The number of hydrogen-bond acceptors (Lipinski definition) is 3. The third-order valence-electron chi connectivity index (χ3n) is 5.35. The summed E-state index contributed by atoms with van der Waals surface area (Å²) in [6, 6.07) is 7.74. The number of nitrogens with zero attached hydrogens (tertiary/aromatic N) is 1. The third kappa shape index (κ3) is 3.52. The van der Waals surface area contributed by atoms with Gasteiger partial charge in [-0.25, -0.2) is 0 Å². The summed E-state index contributed by atoms with van der Waals surface area (Å²) in [6.45, 7) is 2.39. The highest BCUT2D eigenvalue weighted by Gasteiger charge is 2.43. The summed E-state index contributed by atoms with van der Waals surface area (Å²) in [4.78, 5) is 37.8. The predicted octanol–water partition coefficient (Wildman–Crippen LogP) is 2.12. The number of benzene rings is 1. The van der Waals surface area contributed by atoms with E-state index < -0.39 is 17.4 Å². The molecule has 2 amide bonds. The number of nitrogens with one attached hydrogen (secondary N) is 1. The van der Waals surface area contributed by atoms with Crippen LogP contribution in [0.3, 0.4) is 0 Å². The highest BCUT2D eigenvalue weighted by Crippen LogP contribution is 2.36. The number of carbonyl (C=O) groups excluding carboxylic acids is 2. The normalized spacial score (nSPS) is 21.7. The minimum absolute atomic E-state index is 0.0538. The number of rotatable bonds is 6. The van der Waals surface area contributed by atoms with Crippen LogP contribution in [0.4, 0.5) is 5.69 Å². The molecule has 0 aromatic heterocycles. The SMILES string of the molecule is CCc1ccccc1N1CC(C(=O)NC2(CC(=O)O)CCC2)CC1=O. The van der Waals surface area contributed by atoms with Crippen LogP contribution in [0, 0.1) is 5.92 Å². The van der Waals surface area contributed by atoms with E-state index in [-0.39, 0.29) is 24.7 Å². The maximum absolute atomic E-state index is 12.6. The Balaban J connectivity index is 1.70. The smallest absolute Gasteiger partial charge is 0.305 e. The Morgan fingerprint density at radius 3 is 2.64 bits per heavy atom. The molecule has 1 saturated carbocycles. The first-order valence-electron chi connectivity index (χ1n) is 8.86. The average Bonchev–Trinajstić information content (AvgIpc) is 2.94. The zero-order valence-corrected chi connectivity index (χ0v) is 14.5. The van der Waals surface area contributed by atoms with Gasteiger partial charge in [0.05, 0.1) is 17.9 Å². The van der Waals surface area contributed by atoms with E-state index in [0.717, 1.165) is 24.1 Å². The molecule has 2 N–H and O–H groups in total. The van der Waals surface area contributed by atoms with E-state index in [4.69, 9.17) is 5.11 Å². The highest BCUT2D eigenvalue weighted by molar-refractivity contribution is 6.01. The Hall–Kier alpha value is -2.37. The fraction of sp³-hybridized carbons (Fsp3) is 0.526. The molecule has 1 aliphatic heterocycles. The van der Waals surface area contributed by atoms with Crippen molar-refractivity contribution in [1.29, 1.82) is 0 Å². The topological polar surface area (TPSA) is 86.7 Å². The summed E-state index contributed by atoms with van der Waals surface area (Å²) >= 11 is 0. The van der Waals surface area contributed by atoms with Gasteiger partial charge >= 0.3 is 5.97 Å². The van der Waals surface area contributed by atoms with Gasteiger partial charge in [-0.1, -0.05) is 25.1 Å². The Kier molecular flexibility index (Phi) is 4.79. The minimum Gasteiger partial charge on any atom is -0.481 e. The van der Waals surface area contributed by atoms with Crippen LogP contribution in [0.5, 0.6) is 0 Å². The Labute approximate surface area is 147 Å². The third-order valence-corrected chi connectivity index (χ3v) is 5.35. The molecule has 6 nitrogen and oxygen atoms in total. The van der Waals surface area contributed by atoms with Crippen molar-refractivity contribution in [2.24, 2.45) is 5.92 Å². The van der Waals surface area contributed by atoms with E-state index in [1.165, 1.54) is 0 Å². The van der Waals surface area contributed by atoms with Crippen molar-refractivity contribution in [3.63, 3.8) is 0 Å². The average molecular weight is 344 g/mol. The fourth-order valence-electron chi connectivity index (χ4n) is 3.79. The van der Waals surface area contributed by atoms with Crippen LogP contribution in [-0.4, -0.2) is 35.0 Å². The molecule has 1 heterocycles. The molecule has 0 bridgehead atoms. The first-order valence-corrected chi connectivity index (χ1v) is 8.86. The van der Waals surface area contributed by atoms with Gasteiger partial charge in [0.1, 0.15) is 0 Å². The van der Waals surface area contributed by atoms with Gasteiger partial charge < -0.3 is 15.3 Å². The van der Waals surface area contributed by atoms with Gasteiger partial charge in [-0.2, -0.15) is 0 Å². The van der Waals surface area contributed by atoms with Crippen LogP contribution in [0.25, 0.3) is 0 Å². The Morgan fingerprint density at radius 2 is 2.04 bits per heavy atom. The van der Waals surface area contributed by atoms with E-state index >= 15 is 0 Å². The van der Waals surface area contributed by atoms with Crippen molar-refractivity contribution < 1.29 is 19.5 Å². The molecule has 1 aromatic rings. The molecular formula is C19H24N2O4. The van der Waals surface area contributed by atoms with E-state index in [1.807, 2.05) is 31.2 Å². The number of carboxylic acids is 1. The summed E-state index contributed by atoms with van der Waals surface area (Å²) in [6.07, 6.45) is 3.24. The van der Waals surface area contributed by atoms with E-state index in [1.54, 1.807) is 4.90 Å². The van der Waals surface area contributed by atoms with Crippen LogP contribution in [0.2, 0.25) is 0 Å². The van der Waals surface area contributed by atoms with Gasteiger partial charge in [0, 0.05) is 18.7 Å². The van der Waals surface area contributed by atoms with Crippen LogP contribution in [0.15, 0.2) is 24.3 Å². The molecule has 1 atom stereocenters. The molecule has 1 unspecified atom stereocenters. The van der Waals surface area contributed by atoms with Crippen molar-refractivity contribution in [2.45, 2.75) is 51.0 Å². The van der Waals surface area contributed by atoms with Crippen LogP contribution < -0.4 is 10.2 Å². The summed E-state index contributed by atoms with van der Waals surface area (Å²) in [5, 5.41) is 12.0. The van der Waals surface area contributed by atoms with Gasteiger partial charge in [0.2, 0.25) is 11.8 Å². The summed E-state index contributed by atoms with van der Waals surface area (Å²) in [7, 11) is 0. The lowest BCUT2D eigenvalue weighted by molar-refractivity contribution is -0.141. The Bertz CT molecular complexity index is 696. The van der Waals surface area contributed by atoms with Crippen LogP contribution in [0.1, 0.15) is 44.6 Å². The zero-order valence-electron chi connectivity index (χ0n) is 14.5. The van der Waals surface area contributed by atoms with Crippen LogP contribution in [-0.2, 0) is 20.8 Å². The maximum atomic E-state index is 12.6. The minimum atomic E-state index is -0.902. The molecule has 1 aliphatic carbocycles. The lowest BCUT2D eigenvalue weighted by atomic mass is 9.74. The second kappa shape index (κ2) is 6.86. The number of carbonyl (C=O) groups is 3. The molecule has 1 saturated heterocycles. The molecule has 0 spiro atoms. The predicted molar refractivity (Wildman–Crippen MR) is 93.3 cm³/mol.